The number of ether oxygens (including phenoxy) is 2. The highest BCUT2D eigenvalue weighted by molar-refractivity contribution is 6.45. The predicted octanol–water partition coefficient (Wildman–Crippen LogP) is 6.68. The lowest BCUT2D eigenvalue weighted by Crippen LogP contribution is -2.16. The average molecular weight is 440 g/mol. The smallest absolute Gasteiger partial charge is 0.457 e. The molecule has 9 heteroatoms. The second-order valence-corrected chi connectivity index (χ2v) is 6.85. The van der Waals surface area contributed by atoms with Gasteiger partial charge in [0.2, 0.25) is 0 Å². The molecule has 0 aliphatic heterocycles. The molecule has 0 bridgehead atoms. The Balaban J connectivity index is 1.68. The Hall–Kier alpha value is -2.90. The first-order chi connectivity index (χ1) is 13.7. The van der Waals surface area contributed by atoms with Crippen LogP contribution in [0.3, 0.4) is 0 Å². The molecule has 1 heterocycles. The monoisotopic (exact) mass is 439 g/mol. The van der Waals surface area contributed by atoms with E-state index in [0.717, 1.165) is 12.1 Å². The van der Waals surface area contributed by atoms with Crippen molar-refractivity contribution in [3.8, 4) is 17.2 Å². The highest BCUT2D eigenvalue weighted by atomic mass is 35.5. The van der Waals surface area contributed by atoms with Gasteiger partial charge in [-0.3, -0.25) is 4.79 Å². The van der Waals surface area contributed by atoms with Gasteiger partial charge in [-0.2, -0.15) is 0 Å². The third kappa shape index (κ3) is 3.97. The van der Waals surface area contributed by atoms with Gasteiger partial charge in [0.1, 0.15) is 17.2 Å². The van der Waals surface area contributed by atoms with Crippen LogP contribution in [0.25, 0.3) is 21.8 Å². The van der Waals surface area contributed by atoms with Gasteiger partial charge in [0.15, 0.2) is 5.43 Å². The summed E-state index contributed by atoms with van der Waals surface area (Å²) in [6.07, 6.45) is -4.76. The Kier molecular flexibility index (Phi) is 4.80. The molecular weight excluding hydrogens is 430 g/mol. The molecule has 4 nitrogen and oxygen atoms in total. The molecule has 1 N–H and O–H groups in total. The first kappa shape index (κ1) is 19.4. The Morgan fingerprint density at radius 1 is 0.828 bits per heavy atom. The largest absolute Gasteiger partial charge is 0.573 e. The van der Waals surface area contributed by atoms with E-state index in [-0.39, 0.29) is 21.2 Å². The molecular formula is C20H10Cl2F3NO3. The van der Waals surface area contributed by atoms with Crippen LogP contribution in [0.5, 0.6) is 17.2 Å². The quantitative estimate of drug-likeness (QED) is 0.362. The Labute approximate surface area is 171 Å². The third-order valence-electron chi connectivity index (χ3n) is 4.12. The van der Waals surface area contributed by atoms with Crippen molar-refractivity contribution in [1.82, 2.24) is 4.98 Å². The lowest BCUT2D eigenvalue weighted by molar-refractivity contribution is -0.274. The van der Waals surface area contributed by atoms with E-state index in [1.165, 1.54) is 12.1 Å². The lowest BCUT2D eigenvalue weighted by Gasteiger charge is -2.11. The van der Waals surface area contributed by atoms with Crippen LogP contribution in [0.15, 0.2) is 59.4 Å². The van der Waals surface area contributed by atoms with E-state index >= 15 is 0 Å². The predicted molar refractivity (Wildman–Crippen MR) is 105 cm³/mol. The topological polar surface area (TPSA) is 51.3 Å². The van der Waals surface area contributed by atoms with Crippen LogP contribution in [0.4, 0.5) is 13.2 Å². The first-order valence-electron chi connectivity index (χ1n) is 8.19. The van der Waals surface area contributed by atoms with Crippen LogP contribution >= 0.6 is 23.2 Å². The second kappa shape index (κ2) is 7.17. The molecule has 0 atom stereocenters. The van der Waals surface area contributed by atoms with Crippen molar-refractivity contribution >= 4 is 45.0 Å². The van der Waals surface area contributed by atoms with Crippen molar-refractivity contribution < 1.29 is 22.6 Å². The molecule has 0 saturated carbocycles. The summed E-state index contributed by atoms with van der Waals surface area (Å²) in [5, 5.41) is 1.14. The van der Waals surface area contributed by atoms with Crippen LogP contribution in [-0.2, 0) is 0 Å². The molecule has 0 amide bonds. The van der Waals surface area contributed by atoms with Gasteiger partial charge in [0.25, 0.3) is 0 Å². The number of H-pyrrole nitrogens is 1. The second-order valence-electron chi connectivity index (χ2n) is 6.07. The molecule has 0 aliphatic rings. The number of aromatic nitrogens is 1. The zero-order valence-corrected chi connectivity index (χ0v) is 15.8. The van der Waals surface area contributed by atoms with E-state index in [2.05, 4.69) is 9.72 Å². The van der Waals surface area contributed by atoms with Crippen molar-refractivity contribution in [2.75, 3.05) is 0 Å². The fraction of sp³-hybridized carbons (Fsp3) is 0.0500. The minimum absolute atomic E-state index is 0.175. The molecule has 0 aliphatic carbocycles. The number of hydrogen-bond donors (Lipinski definition) is 1. The van der Waals surface area contributed by atoms with Crippen LogP contribution in [0, 0.1) is 0 Å². The minimum Gasteiger partial charge on any atom is -0.457 e. The summed E-state index contributed by atoms with van der Waals surface area (Å²) in [7, 11) is 0. The van der Waals surface area contributed by atoms with E-state index < -0.39 is 6.36 Å². The van der Waals surface area contributed by atoms with Crippen LogP contribution in [0.2, 0.25) is 10.0 Å². The summed E-state index contributed by atoms with van der Waals surface area (Å²) in [5.74, 6) is 0.337. The number of rotatable bonds is 3. The lowest BCUT2D eigenvalue weighted by atomic mass is 10.1. The number of benzene rings is 3. The van der Waals surface area contributed by atoms with Crippen LogP contribution in [-0.4, -0.2) is 11.3 Å². The number of hydrogen-bond acceptors (Lipinski definition) is 3. The molecule has 0 saturated heterocycles. The van der Waals surface area contributed by atoms with Gasteiger partial charge in [-0.1, -0.05) is 23.2 Å². The normalized spacial score (nSPS) is 11.8. The van der Waals surface area contributed by atoms with Gasteiger partial charge in [0.05, 0.1) is 26.5 Å². The SMILES string of the molecule is O=c1c2ccc(Oc3ccc(OC(F)(F)F)cc3)cc2[nH]c2ccc(Cl)c(Cl)c12. The van der Waals surface area contributed by atoms with Crippen molar-refractivity contribution in [3.05, 3.63) is 74.9 Å². The molecule has 29 heavy (non-hydrogen) atoms. The number of aromatic amines is 1. The number of pyridine rings is 1. The van der Waals surface area contributed by atoms with E-state index in [1.807, 2.05) is 0 Å². The van der Waals surface area contributed by atoms with Gasteiger partial charge in [-0.25, -0.2) is 0 Å². The maximum atomic E-state index is 12.8. The standard InChI is InChI=1S/C20H10Cl2F3NO3/c21-14-7-8-15-17(18(14)22)19(27)13-6-5-12(9-16(13)26-15)28-10-1-3-11(4-2-10)29-20(23,24)25/h1-9H,(H,26,27). The summed E-state index contributed by atoms with van der Waals surface area (Å²) in [6.45, 7) is 0. The van der Waals surface area contributed by atoms with Crippen LogP contribution in [0.1, 0.15) is 0 Å². The zero-order valence-electron chi connectivity index (χ0n) is 14.3. The van der Waals surface area contributed by atoms with Gasteiger partial charge in [-0.15, -0.1) is 13.2 Å². The molecule has 1 aromatic heterocycles. The molecule has 0 fully saturated rings. The van der Waals surface area contributed by atoms with E-state index in [0.29, 0.717) is 33.3 Å². The van der Waals surface area contributed by atoms with Gasteiger partial charge in [0, 0.05) is 11.5 Å². The minimum atomic E-state index is -4.76. The van der Waals surface area contributed by atoms with Gasteiger partial charge >= 0.3 is 6.36 Å². The number of halogens is 5. The van der Waals surface area contributed by atoms with E-state index in [4.69, 9.17) is 27.9 Å². The van der Waals surface area contributed by atoms with Crippen molar-refractivity contribution in [2.24, 2.45) is 0 Å². The summed E-state index contributed by atoms with van der Waals surface area (Å²) >= 11 is 12.2. The maximum absolute atomic E-state index is 12.8. The third-order valence-corrected chi connectivity index (χ3v) is 4.92. The Morgan fingerprint density at radius 2 is 1.48 bits per heavy atom. The molecule has 0 unspecified atom stereocenters. The van der Waals surface area contributed by atoms with Crippen molar-refractivity contribution in [1.29, 1.82) is 0 Å². The van der Waals surface area contributed by atoms with Gasteiger partial charge in [-0.05, 0) is 48.5 Å². The summed E-state index contributed by atoms with van der Waals surface area (Å²) in [6, 6.07) is 13.0. The van der Waals surface area contributed by atoms with E-state index in [1.54, 1.807) is 30.3 Å². The summed E-state index contributed by atoms with van der Waals surface area (Å²) in [4.78, 5) is 15.9. The first-order valence-corrected chi connectivity index (χ1v) is 8.94. The molecule has 4 rings (SSSR count). The zero-order chi connectivity index (χ0) is 20.8. The number of alkyl halides is 3. The van der Waals surface area contributed by atoms with Crippen LogP contribution < -0.4 is 14.9 Å². The molecule has 4 aromatic rings. The van der Waals surface area contributed by atoms with Crippen molar-refractivity contribution in [2.45, 2.75) is 6.36 Å². The number of fused-ring (bicyclic) bond motifs is 2. The Morgan fingerprint density at radius 3 is 2.17 bits per heavy atom. The summed E-state index contributed by atoms with van der Waals surface area (Å²) in [5.41, 5.74) is 0.750. The molecule has 0 spiro atoms. The Bertz CT molecular complexity index is 1280. The highest BCUT2D eigenvalue weighted by Gasteiger charge is 2.31. The fourth-order valence-corrected chi connectivity index (χ4v) is 3.30. The van der Waals surface area contributed by atoms with Crippen molar-refractivity contribution in [3.63, 3.8) is 0 Å². The number of nitrogens with one attached hydrogen (secondary N) is 1. The van der Waals surface area contributed by atoms with Gasteiger partial charge < -0.3 is 14.5 Å². The highest BCUT2D eigenvalue weighted by Crippen LogP contribution is 2.31. The molecule has 148 valence electrons. The fourth-order valence-electron chi connectivity index (χ4n) is 2.89. The maximum Gasteiger partial charge on any atom is 0.573 e. The molecule has 3 aromatic carbocycles. The van der Waals surface area contributed by atoms with E-state index in [9.17, 15) is 18.0 Å². The average Bonchev–Trinajstić information content (AvgIpc) is 2.65. The summed E-state index contributed by atoms with van der Waals surface area (Å²) < 4.78 is 46.2. The molecule has 0 radical (unpaired) electrons.